The van der Waals surface area contributed by atoms with Gasteiger partial charge in [0.2, 0.25) is 0 Å². The van der Waals surface area contributed by atoms with Crippen LogP contribution in [0.2, 0.25) is 6.04 Å². The molecule has 0 aromatic rings. The van der Waals surface area contributed by atoms with Crippen molar-refractivity contribution < 1.29 is 13.3 Å². The number of rotatable bonds is 7. The van der Waals surface area contributed by atoms with Gasteiger partial charge in [-0.3, -0.25) is 0 Å². The van der Waals surface area contributed by atoms with Gasteiger partial charge in [0.05, 0.1) is 0 Å². The van der Waals surface area contributed by atoms with Gasteiger partial charge in [-0.15, -0.1) is 0 Å². The molecule has 0 heterocycles. The first-order chi connectivity index (χ1) is 6.17. The Morgan fingerprint density at radius 3 is 1.62 bits per heavy atom. The van der Waals surface area contributed by atoms with Crippen LogP contribution in [0.15, 0.2) is 0 Å². The summed E-state index contributed by atoms with van der Waals surface area (Å²) in [6, 6.07) is 0.767. The molecule has 0 saturated carbocycles. The number of hydrogen-bond donors (Lipinski definition) is 2. The molecule has 0 fully saturated rings. The Balaban J connectivity index is 4.21. The molecule has 0 aliphatic rings. The highest BCUT2D eigenvalue weighted by molar-refractivity contribution is 7.81. The van der Waals surface area contributed by atoms with Crippen molar-refractivity contribution in [1.29, 1.82) is 0 Å². The summed E-state index contributed by atoms with van der Waals surface area (Å²) in [7, 11) is 2.43. The summed E-state index contributed by atoms with van der Waals surface area (Å²) < 4.78 is 15.9. The van der Waals surface area contributed by atoms with E-state index < -0.39 is 8.80 Å². The van der Waals surface area contributed by atoms with Crippen LogP contribution in [0.1, 0.15) is 0 Å². The van der Waals surface area contributed by atoms with Crippen molar-refractivity contribution in [3.8, 4) is 0 Å². The Labute approximate surface area is 92.3 Å². The van der Waals surface area contributed by atoms with E-state index in [-0.39, 0.29) is 0 Å². The van der Waals surface area contributed by atoms with Gasteiger partial charge in [-0.25, -0.2) is 0 Å². The Hall–Kier alpha value is 0.797. The van der Waals surface area contributed by atoms with E-state index in [0.717, 1.165) is 17.5 Å². The molecule has 0 aliphatic carbocycles. The van der Waals surface area contributed by atoms with Crippen LogP contribution in [0.25, 0.3) is 0 Å². The molecule has 0 aliphatic heterocycles. The largest absolute Gasteiger partial charge is 0.500 e. The maximum Gasteiger partial charge on any atom is 0.500 e. The van der Waals surface area contributed by atoms with Gasteiger partial charge >= 0.3 is 8.80 Å². The molecule has 3 nitrogen and oxygen atoms in total. The zero-order chi connectivity index (χ0) is 10.3. The number of hydrogen-bond acceptors (Lipinski definition) is 5. The molecule has 0 N–H and O–H groups in total. The van der Waals surface area contributed by atoms with E-state index in [1.165, 1.54) is 0 Å². The quantitative estimate of drug-likeness (QED) is 0.521. The third-order valence-corrected chi connectivity index (χ3v) is 5.96. The van der Waals surface area contributed by atoms with Crippen molar-refractivity contribution in [3.05, 3.63) is 0 Å². The van der Waals surface area contributed by atoms with Crippen molar-refractivity contribution in [2.75, 3.05) is 32.8 Å². The lowest BCUT2D eigenvalue weighted by Crippen LogP contribution is -2.45. The topological polar surface area (TPSA) is 27.7 Å². The summed E-state index contributed by atoms with van der Waals surface area (Å²) in [5.74, 6) is 1.92. The van der Waals surface area contributed by atoms with E-state index in [9.17, 15) is 0 Å². The van der Waals surface area contributed by atoms with Gasteiger partial charge in [-0.2, -0.15) is 25.3 Å². The molecule has 0 amide bonds. The molecule has 0 unspecified atom stereocenters. The second-order valence-electron chi connectivity index (χ2n) is 2.73. The van der Waals surface area contributed by atoms with Crippen LogP contribution >= 0.6 is 25.3 Å². The molecular weight excluding hydrogens is 224 g/mol. The van der Waals surface area contributed by atoms with Crippen molar-refractivity contribution in [2.24, 2.45) is 5.92 Å². The van der Waals surface area contributed by atoms with E-state index in [4.69, 9.17) is 13.3 Å². The van der Waals surface area contributed by atoms with Crippen molar-refractivity contribution in [1.82, 2.24) is 0 Å². The highest BCUT2D eigenvalue weighted by Crippen LogP contribution is 2.21. The SMILES string of the molecule is CO[Si](CC(CS)CS)(OC)OC. The first-order valence-electron chi connectivity index (χ1n) is 4.05. The molecule has 13 heavy (non-hydrogen) atoms. The van der Waals surface area contributed by atoms with Crippen LogP contribution in [0.3, 0.4) is 0 Å². The average molecular weight is 242 g/mol. The highest BCUT2D eigenvalue weighted by Gasteiger charge is 2.39. The Kier molecular flexibility index (Phi) is 7.57. The van der Waals surface area contributed by atoms with Crippen LogP contribution in [-0.4, -0.2) is 41.6 Å². The van der Waals surface area contributed by atoms with E-state index in [0.29, 0.717) is 5.92 Å². The minimum Gasteiger partial charge on any atom is -0.377 e. The second-order valence-corrected chi connectivity index (χ2v) is 6.46. The van der Waals surface area contributed by atoms with Gasteiger partial charge in [0.15, 0.2) is 0 Å². The van der Waals surface area contributed by atoms with Crippen molar-refractivity contribution >= 4 is 34.1 Å². The molecule has 0 spiro atoms. The summed E-state index contributed by atoms with van der Waals surface area (Å²) in [6.07, 6.45) is 0. The van der Waals surface area contributed by atoms with Crippen LogP contribution in [0.4, 0.5) is 0 Å². The molecule has 0 atom stereocenters. The minimum atomic E-state index is -2.42. The molecule has 0 radical (unpaired) electrons. The molecule has 0 aromatic carbocycles. The summed E-state index contributed by atoms with van der Waals surface area (Å²) in [5, 5.41) is 0. The molecular formula is C7H18O3S2Si. The average Bonchev–Trinajstić information content (AvgIpc) is 2.21. The third kappa shape index (κ3) is 4.22. The fourth-order valence-corrected chi connectivity index (χ4v) is 4.24. The normalized spacial score (nSPS) is 12.5. The van der Waals surface area contributed by atoms with Crippen LogP contribution < -0.4 is 0 Å². The summed E-state index contributed by atoms with van der Waals surface area (Å²) >= 11 is 8.46. The zero-order valence-electron chi connectivity index (χ0n) is 8.32. The third-order valence-electron chi connectivity index (χ3n) is 1.99. The van der Waals surface area contributed by atoms with E-state index in [1.807, 2.05) is 0 Å². The summed E-state index contributed by atoms with van der Waals surface area (Å²) in [4.78, 5) is 0. The van der Waals surface area contributed by atoms with Gasteiger partial charge in [0.25, 0.3) is 0 Å². The van der Waals surface area contributed by atoms with Crippen LogP contribution in [0.5, 0.6) is 0 Å². The molecule has 80 valence electrons. The van der Waals surface area contributed by atoms with Crippen LogP contribution in [0, 0.1) is 5.92 Å². The maximum absolute atomic E-state index is 5.30. The van der Waals surface area contributed by atoms with Crippen LogP contribution in [-0.2, 0) is 13.3 Å². The monoisotopic (exact) mass is 242 g/mol. The lowest BCUT2D eigenvalue weighted by Gasteiger charge is -2.27. The molecule has 0 aromatic heterocycles. The molecule has 0 saturated heterocycles. The fourth-order valence-electron chi connectivity index (χ4n) is 1.04. The van der Waals surface area contributed by atoms with Gasteiger partial charge in [0, 0.05) is 27.4 Å². The van der Waals surface area contributed by atoms with Gasteiger partial charge in [-0.05, 0) is 17.4 Å². The minimum absolute atomic E-state index is 0.373. The predicted octanol–water partition coefficient (Wildman–Crippen LogP) is 1.34. The first kappa shape index (κ1) is 13.8. The predicted molar refractivity (Wildman–Crippen MR) is 62.8 cm³/mol. The van der Waals surface area contributed by atoms with E-state index >= 15 is 0 Å². The Morgan fingerprint density at radius 1 is 1.00 bits per heavy atom. The van der Waals surface area contributed by atoms with Crippen molar-refractivity contribution in [2.45, 2.75) is 6.04 Å². The zero-order valence-corrected chi connectivity index (χ0v) is 11.1. The standard InChI is InChI=1S/C7H18O3S2Si/c1-8-13(9-2,10-3)6-7(4-11)5-12/h7,11-12H,4-6H2,1-3H3. The molecule has 6 heteroatoms. The fraction of sp³-hybridized carbons (Fsp3) is 1.00. The van der Waals surface area contributed by atoms with E-state index in [1.54, 1.807) is 21.3 Å². The summed E-state index contributed by atoms with van der Waals surface area (Å²) in [5.41, 5.74) is 0. The van der Waals surface area contributed by atoms with Gasteiger partial charge < -0.3 is 13.3 Å². The van der Waals surface area contributed by atoms with Gasteiger partial charge in [-0.1, -0.05) is 0 Å². The summed E-state index contributed by atoms with van der Waals surface area (Å²) in [6.45, 7) is 0. The second kappa shape index (κ2) is 7.14. The molecule has 0 rings (SSSR count). The first-order valence-corrected chi connectivity index (χ1v) is 7.24. The smallest absolute Gasteiger partial charge is 0.377 e. The van der Waals surface area contributed by atoms with Gasteiger partial charge in [0.1, 0.15) is 0 Å². The highest BCUT2D eigenvalue weighted by atomic mass is 32.1. The lowest BCUT2D eigenvalue weighted by atomic mass is 10.3. The lowest BCUT2D eigenvalue weighted by molar-refractivity contribution is 0.120. The molecule has 0 bridgehead atoms. The maximum atomic E-state index is 5.30. The Bertz CT molecular complexity index is 121. The number of thiol groups is 2. The van der Waals surface area contributed by atoms with Crippen molar-refractivity contribution in [3.63, 3.8) is 0 Å². The Morgan fingerprint density at radius 2 is 1.38 bits per heavy atom. The van der Waals surface area contributed by atoms with E-state index in [2.05, 4.69) is 25.3 Å².